The van der Waals surface area contributed by atoms with Crippen LogP contribution in [0.1, 0.15) is 10.5 Å². The number of hydrogen-bond acceptors (Lipinski definition) is 4. The fraction of sp³-hybridized carbons (Fsp3) is 0.0667. The summed E-state index contributed by atoms with van der Waals surface area (Å²) in [5.41, 5.74) is 1.48. The Bertz CT molecular complexity index is 911. The molecule has 0 atom stereocenters. The van der Waals surface area contributed by atoms with Crippen molar-refractivity contribution >= 4 is 27.1 Å². The Kier molecular flexibility index (Phi) is 3.42. The van der Waals surface area contributed by atoms with Gasteiger partial charge in [0.2, 0.25) is 0 Å². The second-order valence-corrected chi connectivity index (χ2v) is 6.86. The van der Waals surface area contributed by atoms with E-state index in [0.717, 1.165) is 6.26 Å². The number of fused-ring (bicyclic) bond motifs is 1. The predicted molar refractivity (Wildman–Crippen MR) is 82.7 cm³/mol. The third kappa shape index (κ3) is 2.84. The van der Waals surface area contributed by atoms with E-state index >= 15 is 0 Å². The Balaban J connectivity index is 1.82. The molecule has 6 nitrogen and oxygen atoms in total. The minimum atomic E-state index is -3.25. The van der Waals surface area contributed by atoms with Crippen LogP contribution in [0.4, 0.5) is 5.69 Å². The van der Waals surface area contributed by atoms with Crippen molar-refractivity contribution in [1.82, 2.24) is 9.38 Å². The quantitative estimate of drug-likeness (QED) is 0.801. The molecular weight excluding hydrogens is 302 g/mol. The fourth-order valence-electron chi connectivity index (χ4n) is 2.02. The zero-order valence-electron chi connectivity index (χ0n) is 11.7. The molecular formula is C15H13N3O3S. The number of carbonyl (C=O) groups excluding carboxylic acids is 1. The van der Waals surface area contributed by atoms with E-state index in [1.807, 2.05) is 12.1 Å². The van der Waals surface area contributed by atoms with E-state index in [1.165, 1.54) is 12.1 Å². The van der Waals surface area contributed by atoms with Crippen molar-refractivity contribution in [1.29, 1.82) is 0 Å². The number of carbonyl (C=O) groups is 1. The molecule has 0 aliphatic heterocycles. The van der Waals surface area contributed by atoms with Crippen molar-refractivity contribution in [3.05, 3.63) is 60.6 Å². The number of imidazole rings is 1. The van der Waals surface area contributed by atoms with Gasteiger partial charge in [0, 0.05) is 24.3 Å². The average Bonchev–Trinajstić information content (AvgIpc) is 2.91. The van der Waals surface area contributed by atoms with Gasteiger partial charge in [-0.05, 0) is 36.4 Å². The maximum Gasteiger partial charge on any atom is 0.275 e. The van der Waals surface area contributed by atoms with Crippen LogP contribution in [-0.2, 0) is 9.84 Å². The van der Waals surface area contributed by atoms with Crippen LogP contribution >= 0.6 is 0 Å². The minimum absolute atomic E-state index is 0.207. The van der Waals surface area contributed by atoms with Crippen LogP contribution < -0.4 is 5.32 Å². The molecule has 1 N–H and O–H groups in total. The lowest BCUT2D eigenvalue weighted by Gasteiger charge is -2.04. The van der Waals surface area contributed by atoms with Gasteiger partial charge < -0.3 is 9.72 Å². The Morgan fingerprint density at radius 2 is 1.86 bits per heavy atom. The summed E-state index contributed by atoms with van der Waals surface area (Å²) < 4.78 is 24.5. The van der Waals surface area contributed by atoms with Gasteiger partial charge >= 0.3 is 0 Å². The zero-order chi connectivity index (χ0) is 15.7. The van der Waals surface area contributed by atoms with Crippen LogP contribution in [-0.4, -0.2) is 30.0 Å². The largest absolute Gasteiger partial charge is 0.321 e. The highest BCUT2D eigenvalue weighted by Gasteiger charge is 2.12. The number of benzene rings is 1. The Morgan fingerprint density at radius 3 is 2.50 bits per heavy atom. The predicted octanol–water partition coefficient (Wildman–Crippen LogP) is 1.99. The molecule has 0 saturated heterocycles. The summed E-state index contributed by atoms with van der Waals surface area (Å²) >= 11 is 0. The van der Waals surface area contributed by atoms with Gasteiger partial charge in [0.25, 0.3) is 5.91 Å². The van der Waals surface area contributed by atoms with Gasteiger partial charge in [0.05, 0.1) is 4.90 Å². The fourth-order valence-corrected chi connectivity index (χ4v) is 2.66. The molecule has 112 valence electrons. The smallest absolute Gasteiger partial charge is 0.275 e. The lowest BCUT2D eigenvalue weighted by Crippen LogP contribution is -2.12. The monoisotopic (exact) mass is 315 g/mol. The van der Waals surface area contributed by atoms with Crippen LogP contribution in [0.3, 0.4) is 0 Å². The lowest BCUT2D eigenvalue weighted by molar-refractivity contribution is 0.102. The molecule has 0 unspecified atom stereocenters. The number of nitrogens with one attached hydrogen (secondary N) is 1. The number of rotatable bonds is 3. The molecule has 2 heterocycles. The highest BCUT2D eigenvalue weighted by Crippen LogP contribution is 2.15. The van der Waals surface area contributed by atoms with Crippen molar-refractivity contribution in [2.45, 2.75) is 4.90 Å². The van der Waals surface area contributed by atoms with Gasteiger partial charge in [-0.2, -0.15) is 0 Å². The second-order valence-electron chi connectivity index (χ2n) is 4.84. The standard InChI is InChI=1S/C15H13N3O3S/c1-22(20,21)12-7-5-11(6-8-12)16-15(19)13-10-18-9-3-2-4-14(18)17-13/h2-10H,1H3,(H,16,19). The van der Waals surface area contributed by atoms with Gasteiger partial charge in [-0.3, -0.25) is 4.79 Å². The van der Waals surface area contributed by atoms with Gasteiger partial charge in [0.15, 0.2) is 9.84 Å². The first kappa shape index (κ1) is 14.3. The summed E-state index contributed by atoms with van der Waals surface area (Å²) in [6.07, 6.45) is 4.58. The number of hydrogen-bond donors (Lipinski definition) is 1. The Morgan fingerprint density at radius 1 is 1.14 bits per heavy atom. The van der Waals surface area contributed by atoms with Crippen molar-refractivity contribution in [3.63, 3.8) is 0 Å². The number of sulfone groups is 1. The van der Waals surface area contributed by atoms with E-state index in [1.54, 1.807) is 35.0 Å². The highest BCUT2D eigenvalue weighted by atomic mass is 32.2. The maximum atomic E-state index is 12.2. The summed E-state index contributed by atoms with van der Waals surface area (Å²) in [4.78, 5) is 16.6. The Hall–Kier alpha value is -2.67. The summed E-state index contributed by atoms with van der Waals surface area (Å²) in [5, 5.41) is 2.69. The molecule has 1 amide bonds. The average molecular weight is 315 g/mol. The molecule has 0 saturated carbocycles. The first-order valence-corrected chi connectivity index (χ1v) is 8.38. The van der Waals surface area contributed by atoms with Gasteiger partial charge in [-0.25, -0.2) is 13.4 Å². The minimum Gasteiger partial charge on any atom is -0.321 e. The molecule has 22 heavy (non-hydrogen) atoms. The van der Waals surface area contributed by atoms with Gasteiger partial charge in [-0.1, -0.05) is 6.07 Å². The van der Waals surface area contributed by atoms with Crippen LogP contribution in [0, 0.1) is 0 Å². The third-order valence-electron chi connectivity index (χ3n) is 3.14. The van der Waals surface area contributed by atoms with Crippen molar-refractivity contribution in [2.24, 2.45) is 0 Å². The first-order chi connectivity index (χ1) is 10.4. The van der Waals surface area contributed by atoms with Crippen molar-refractivity contribution in [2.75, 3.05) is 11.6 Å². The van der Waals surface area contributed by atoms with E-state index in [4.69, 9.17) is 0 Å². The van der Waals surface area contributed by atoms with E-state index in [-0.39, 0.29) is 10.8 Å². The van der Waals surface area contributed by atoms with E-state index in [9.17, 15) is 13.2 Å². The summed E-state index contributed by atoms with van der Waals surface area (Å²) in [7, 11) is -3.25. The molecule has 0 radical (unpaired) electrons. The van der Waals surface area contributed by atoms with E-state index < -0.39 is 9.84 Å². The van der Waals surface area contributed by atoms with Crippen LogP contribution in [0.5, 0.6) is 0 Å². The number of pyridine rings is 1. The van der Waals surface area contributed by atoms with Crippen molar-refractivity contribution < 1.29 is 13.2 Å². The molecule has 0 spiro atoms. The van der Waals surface area contributed by atoms with Crippen LogP contribution in [0.25, 0.3) is 5.65 Å². The highest BCUT2D eigenvalue weighted by molar-refractivity contribution is 7.90. The molecule has 0 bridgehead atoms. The summed E-state index contributed by atoms with van der Waals surface area (Å²) in [6, 6.07) is 11.5. The van der Waals surface area contributed by atoms with E-state index in [0.29, 0.717) is 17.0 Å². The molecule has 0 aliphatic rings. The third-order valence-corrected chi connectivity index (χ3v) is 4.27. The lowest BCUT2D eigenvalue weighted by atomic mass is 10.3. The van der Waals surface area contributed by atoms with Crippen LogP contribution in [0.15, 0.2) is 59.8 Å². The van der Waals surface area contributed by atoms with Gasteiger partial charge in [0.1, 0.15) is 11.3 Å². The topological polar surface area (TPSA) is 80.5 Å². The molecule has 2 aromatic heterocycles. The number of anilines is 1. The Labute approximate surface area is 127 Å². The molecule has 0 fully saturated rings. The first-order valence-electron chi connectivity index (χ1n) is 6.49. The number of aromatic nitrogens is 2. The maximum absolute atomic E-state index is 12.2. The molecule has 0 aliphatic carbocycles. The summed E-state index contributed by atoms with van der Waals surface area (Å²) in [6.45, 7) is 0. The number of nitrogens with zero attached hydrogens (tertiary/aromatic N) is 2. The van der Waals surface area contributed by atoms with Gasteiger partial charge in [-0.15, -0.1) is 0 Å². The normalized spacial score (nSPS) is 11.5. The molecule has 3 rings (SSSR count). The molecule has 3 aromatic rings. The van der Waals surface area contributed by atoms with E-state index in [2.05, 4.69) is 10.3 Å². The second kappa shape index (κ2) is 5.27. The SMILES string of the molecule is CS(=O)(=O)c1ccc(NC(=O)c2cn3ccccc3n2)cc1. The molecule has 7 heteroatoms. The number of amides is 1. The molecule has 1 aromatic carbocycles. The zero-order valence-corrected chi connectivity index (χ0v) is 12.5. The van der Waals surface area contributed by atoms with Crippen LogP contribution in [0.2, 0.25) is 0 Å². The van der Waals surface area contributed by atoms with Crippen molar-refractivity contribution in [3.8, 4) is 0 Å². The summed E-state index contributed by atoms with van der Waals surface area (Å²) in [5.74, 6) is -0.351.